The van der Waals surface area contributed by atoms with Gasteiger partial charge in [-0.3, -0.25) is 0 Å². The van der Waals surface area contributed by atoms with Crippen molar-refractivity contribution in [2.75, 3.05) is 26.3 Å². The Bertz CT molecular complexity index is 929. The zero-order valence-corrected chi connectivity index (χ0v) is 18.2. The van der Waals surface area contributed by atoms with E-state index in [1.807, 2.05) is 6.07 Å². The summed E-state index contributed by atoms with van der Waals surface area (Å²) < 4.78 is 25.7. The van der Waals surface area contributed by atoms with Crippen molar-refractivity contribution < 1.29 is 8.42 Å². The van der Waals surface area contributed by atoms with Crippen molar-refractivity contribution in [3.05, 3.63) is 28.8 Å². The fraction of sp³-hybridized carbons (Fsp3) is 0.667. The van der Waals surface area contributed by atoms with Crippen LogP contribution in [0.4, 0.5) is 0 Å². The monoisotopic (exact) mass is 432 g/mol. The van der Waals surface area contributed by atoms with Gasteiger partial charge in [0.1, 0.15) is 0 Å². The smallest absolute Gasteiger partial charge is 0.239 e. The summed E-state index contributed by atoms with van der Waals surface area (Å²) in [7, 11) is -3.95. The first-order valence-electron chi connectivity index (χ1n) is 11.0. The number of sulfonamides is 1. The molecule has 0 aromatic heterocycles. The van der Waals surface area contributed by atoms with E-state index in [1.165, 1.54) is 0 Å². The van der Waals surface area contributed by atoms with Crippen molar-refractivity contribution in [2.24, 2.45) is 37.9 Å². The third kappa shape index (κ3) is 4.64. The Morgan fingerprint density at radius 3 is 2.37 bits per heavy atom. The summed E-state index contributed by atoms with van der Waals surface area (Å²) in [4.78, 5) is 4.60. The second-order valence-corrected chi connectivity index (χ2v) is 10.3. The lowest BCUT2D eigenvalue weighted by atomic mass is 9.76. The molecule has 8 nitrogen and oxygen atoms in total. The van der Waals surface area contributed by atoms with Gasteiger partial charge in [0.25, 0.3) is 0 Å². The number of nitrogens with zero attached hydrogens (tertiary/aromatic N) is 3. The van der Waals surface area contributed by atoms with E-state index in [2.05, 4.69) is 26.6 Å². The van der Waals surface area contributed by atoms with E-state index in [-0.39, 0.29) is 17.5 Å². The summed E-state index contributed by atoms with van der Waals surface area (Å²) >= 11 is 0. The van der Waals surface area contributed by atoms with Crippen LogP contribution in [-0.4, -0.2) is 40.6 Å². The molecule has 0 radical (unpaired) electrons. The van der Waals surface area contributed by atoms with Crippen molar-refractivity contribution in [1.82, 2.24) is 5.32 Å². The molecule has 0 atom stereocenters. The topological polar surface area (TPSA) is 135 Å². The van der Waals surface area contributed by atoms with Crippen molar-refractivity contribution in [2.45, 2.75) is 55.8 Å². The number of primary sulfonamides is 1. The number of hydrogen-bond donors (Lipinski definition) is 3. The summed E-state index contributed by atoms with van der Waals surface area (Å²) in [6.45, 7) is 2.87. The zero-order chi connectivity index (χ0) is 21.1. The molecule has 4 rings (SSSR count). The summed E-state index contributed by atoms with van der Waals surface area (Å²) in [5.74, 6) is 1.65. The first-order valence-corrected chi connectivity index (χ1v) is 12.5. The van der Waals surface area contributed by atoms with Gasteiger partial charge in [0.05, 0.1) is 4.90 Å². The number of piperidine rings is 1. The molecule has 0 spiro atoms. The van der Waals surface area contributed by atoms with E-state index in [0.717, 1.165) is 62.7 Å². The maximum atomic E-state index is 12.8. The Hall–Kier alpha value is -1.68. The summed E-state index contributed by atoms with van der Waals surface area (Å²) in [5.41, 5.74) is 8.21. The van der Waals surface area contributed by atoms with Gasteiger partial charge in [-0.05, 0) is 93.5 Å². The molecule has 3 aliphatic rings. The maximum Gasteiger partial charge on any atom is 0.239 e. The molecule has 164 valence electrons. The molecule has 2 fully saturated rings. The Balaban J connectivity index is 1.78. The zero-order valence-electron chi connectivity index (χ0n) is 17.4. The molecule has 1 aromatic carbocycles. The Morgan fingerprint density at radius 1 is 1.03 bits per heavy atom. The number of hydrogen-bond acceptors (Lipinski definition) is 7. The minimum absolute atomic E-state index is 0.207. The standard InChI is InChI=1S/C21H32N6O2S/c22-12-15-1-3-16(4-2-15)18-6-5-17(11-14-7-9-24-10-8-14)20(30(23,28)29)19(18)21-25-13-26-27-21/h5-6,14-16,24H,1-4,7-13,22H2,(H2,23,28,29). The van der Waals surface area contributed by atoms with Crippen LogP contribution >= 0.6 is 0 Å². The highest BCUT2D eigenvalue weighted by Crippen LogP contribution is 2.40. The average molecular weight is 433 g/mol. The second kappa shape index (κ2) is 9.21. The number of aliphatic imine (C=N–C) groups is 1. The fourth-order valence-corrected chi connectivity index (χ4v) is 6.17. The normalized spacial score (nSPS) is 25.5. The van der Waals surface area contributed by atoms with Crippen molar-refractivity contribution in [3.63, 3.8) is 0 Å². The van der Waals surface area contributed by atoms with E-state index < -0.39 is 10.0 Å². The van der Waals surface area contributed by atoms with Crippen LogP contribution in [0.25, 0.3) is 0 Å². The maximum absolute atomic E-state index is 12.8. The Labute approximate surface area is 178 Å². The van der Waals surface area contributed by atoms with Crippen LogP contribution in [0.2, 0.25) is 0 Å². The molecule has 1 saturated carbocycles. The lowest BCUT2D eigenvalue weighted by Crippen LogP contribution is -2.29. The van der Waals surface area contributed by atoms with Gasteiger partial charge < -0.3 is 11.1 Å². The molecule has 1 aliphatic carbocycles. The van der Waals surface area contributed by atoms with Crippen LogP contribution in [0.15, 0.2) is 32.2 Å². The Morgan fingerprint density at radius 2 is 1.77 bits per heavy atom. The molecule has 9 heteroatoms. The van der Waals surface area contributed by atoms with E-state index in [1.54, 1.807) is 0 Å². The molecule has 1 aromatic rings. The average Bonchev–Trinajstić information content (AvgIpc) is 3.28. The van der Waals surface area contributed by atoms with Gasteiger partial charge in [0.15, 0.2) is 12.5 Å². The second-order valence-electron chi connectivity index (χ2n) is 8.78. The molecule has 2 aliphatic heterocycles. The minimum Gasteiger partial charge on any atom is -0.330 e. The lowest BCUT2D eigenvalue weighted by molar-refractivity contribution is 0.332. The third-order valence-electron chi connectivity index (χ3n) is 6.82. The van der Waals surface area contributed by atoms with Crippen molar-refractivity contribution in [3.8, 4) is 0 Å². The van der Waals surface area contributed by atoms with E-state index in [0.29, 0.717) is 36.2 Å². The largest absolute Gasteiger partial charge is 0.330 e. The number of amidine groups is 1. The van der Waals surface area contributed by atoms with Crippen molar-refractivity contribution in [1.29, 1.82) is 0 Å². The van der Waals surface area contributed by atoms with Gasteiger partial charge in [-0.15, -0.1) is 5.11 Å². The first kappa shape index (κ1) is 21.5. The van der Waals surface area contributed by atoms with Crippen LogP contribution in [0.5, 0.6) is 0 Å². The summed E-state index contributed by atoms with van der Waals surface area (Å²) in [6.07, 6.45) is 6.83. The molecule has 0 bridgehead atoms. The van der Waals surface area contributed by atoms with Crippen LogP contribution in [0, 0.1) is 11.8 Å². The summed E-state index contributed by atoms with van der Waals surface area (Å²) in [5, 5.41) is 17.3. The number of nitrogens with two attached hydrogens (primary N) is 2. The number of nitrogens with one attached hydrogen (secondary N) is 1. The molecule has 5 N–H and O–H groups in total. The lowest BCUT2D eigenvalue weighted by Gasteiger charge is -2.30. The van der Waals surface area contributed by atoms with Gasteiger partial charge in [-0.2, -0.15) is 5.11 Å². The molecular formula is C21H32N6O2S. The van der Waals surface area contributed by atoms with Gasteiger partial charge in [0.2, 0.25) is 10.0 Å². The molecule has 0 amide bonds. The molecule has 1 saturated heterocycles. The predicted molar refractivity (Wildman–Crippen MR) is 117 cm³/mol. The highest BCUT2D eigenvalue weighted by Gasteiger charge is 2.32. The highest BCUT2D eigenvalue weighted by atomic mass is 32.2. The first-order chi connectivity index (χ1) is 14.5. The summed E-state index contributed by atoms with van der Waals surface area (Å²) in [6, 6.07) is 4.06. The number of benzene rings is 1. The van der Waals surface area contributed by atoms with Crippen molar-refractivity contribution >= 4 is 15.9 Å². The molecule has 30 heavy (non-hydrogen) atoms. The number of rotatable bonds is 6. The quantitative estimate of drug-likeness (QED) is 0.635. The molecule has 0 unspecified atom stereocenters. The fourth-order valence-electron chi connectivity index (χ4n) is 5.16. The number of azo groups is 1. The van der Waals surface area contributed by atoms with E-state index in [4.69, 9.17) is 10.9 Å². The van der Waals surface area contributed by atoms with E-state index >= 15 is 0 Å². The SMILES string of the molecule is NCC1CCC(c2ccc(CC3CCNCC3)c(S(N)(=O)=O)c2C2=NCN=N2)CC1. The van der Waals surface area contributed by atoms with Gasteiger partial charge in [0, 0.05) is 5.56 Å². The highest BCUT2D eigenvalue weighted by molar-refractivity contribution is 7.89. The minimum atomic E-state index is -3.95. The Kier molecular flexibility index (Phi) is 6.62. The van der Waals surface area contributed by atoms with Gasteiger partial charge in [-0.25, -0.2) is 18.5 Å². The molecular weight excluding hydrogens is 400 g/mol. The molecule has 2 heterocycles. The predicted octanol–water partition coefficient (Wildman–Crippen LogP) is 2.28. The van der Waals surface area contributed by atoms with Crippen LogP contribution in [0.1, 0.15) is 61.1 Å². The third-order valence-corrected chi connectivity index (χ3v) is 7.85. The van der Waals surface area contributed by atoms with Gasteiger partial charge in [-0.1, -0.05) is 12.1 Å². The van der Waals surface area contributed by atoms with E-state index in [9.17, 15) is 8.42 Å². The van der Waals surface area contributed by atoms with Crippen LogP contribution in [0.3, 0.4) is 0 Å². The van der Waals surface area contributed by atoms with Gasteiger partial charge >= 0.3 is 0 Å². The van der Waals surface area contributed by atoms with Crippen LogP contribution < -0.4 is 16.2 Å². The van der Waals surface area contributed by atoms with Crippen LogP contribution in [-0.2, 0) is 16.4 Å².